The van der Waals surface area contributed by atoms with E-state index in [-0.39, 0.29) is 27.1 Å². The molecule has 2 nitrogen and oxygen atoms in total. The van der Waals surface area contributed by atoms with Crippen molar-refractivity contribution in [3.8, 4) is 33.4 Å². The fourth-order valence-corrected chi connectivity index (χ4v) is 11.7. The molecule has 304 valence electrons. The van der Waals surface area contributed by atoms with Gasteiger partial charge in [-0.3, -0.25) is 0 Å². The van der Waals surface area contributed by atoms with Crippen LogP contribution in [0, 0.1) is 0 Å². The second-order valence-corrected chi connectivity index (χ2v) is 21.8. The molecular formula is C59H57NO. The predicted octanol–water partition coefficient (Wildman–Crippen LogP) is 16.6. The molecule has 0 aliphatic heterocycles. The van der Waals surface area contributed by atoms with Gasteiger partial charge in [-0.2, -0.15) is 0 Å². The van der Waals surface area contributed by atoms with Gasteiger partial charge in [-0.15, -0.1) is 0 Å². The van der Waals surface area contributed by atoms with Gasteiger partial charge >= 0.3 is 0 Å². The first-order chi connectivity index (χ1) is 28.8. The van der Waals surface area contributed by atoms with Gasteiger partial charge in [-0.25, -0.2) is 0 Å². The van der Waals surface area contributed by atoms with Gasteiger partial charge in [-0.1, -0.05) is 168 Å². The summed E-state index contributed by atoms with van der Waals surface area (Å²) in [5.74, 6) is 0. The summed E-state index contributed by atoms with van der Waals surface area (Å²) in [7, 11) is 0. The van der Waals surface area contributed by atoms with Crippen LogP contribution in [-0.4, -0.2) is 0 Å². The number of hydrogen-bond acceptors (Lipinski definition) is 2. The molecule has 3 aliphatic carbocycles. The number of fused-ring (bicyclic) bond motifs is 13. The maximum atomic E-state index is 6.98. The van der Waals surface area contributed by atoms with E-state index in [9.17, 15) is 0 Å². The van der Waals surface area contributed by atoms with Gasteiger partial charge in [0.25, 0.3) is 0 Å². The normalized spacial score (nSPS) is 16.3. The van der Waals surface area contributed by atoms with Crippen LogP contribution >= 0.6 is 0 Å². The van der Waals surface area contributed by atoms with Gasteiger partial charge in [0.1, 0.15) is 11.2 Å². The molecule has 0 N–H and O–H groups in total. The number of hydrogen-bond donors (Lipinski definition) is 0. The minimum absolute atomic E-state index is 0.0144. The molecule has 2 heteroatoms. The van der Waals surface area contributed by atoms with E-state index in [1.165, 1.54) is 106 Å². The molecule has 0 fully saturated rings. The van der Waals surface area contributed by atoms with Crippen molar-refractivity contribution in [1.29, 1.82) is 0 Å². The van der Waals surface area contributed by atoms with Gasteiger partial charge in [0, 0.05) is 44.0 Å². The molecule has 7 aromatic carbocycles. The lowest BCUT2D eigenvalue weighted by Crippen LogP contribution is -2.22. The highest BCUT2D eigenvalue weighted by molar-refractivity contribution is 6.13. The summed E-state index contributed by atoms with van der Waals surface area (Å²) in [6, 6.07) is 48.8. The molecule has 1 aromatic heterocycles. The Morgan fingerprint density at radius 2 is 0.951 bits per heavy atom. The van der Waals surface area contributed by atoms with E-state index in [1.54, 1.807) is 0 Å². The van der Waals surface area contributed by atoms with Crippen LogP contribution in [0.25, 0.3) is 55.3 Å². The van der Waals surface area contributed by atoms with Crippen molar-refractivity contribution in [2.45, 2.75) is 110 Å². The topological polar surface area (TPSA) is 16.4 Å². The average molecular weight is 796 g/mol. The summed E-state index contributed by atoms with van der Waals surface area (Å²) in [5, 5.41) is 2.47. The Hall–Kier alpha value is -5.86. The Kier molecular flexibility index (Phi) is 7.59. The zero-order valence-corrected chi connectivity index (χ0v) is 38.0. The van der Waals surface area contributed by atoms with Crippen LogP contribution in [0.15, 0.2) is 132 Å². The summed E-state index contributed by atoms with van der Waals surface area (Å²) in [6.45, 7) is 28.3. The fraction of sp³-hybridized carbons (Fsp3) is 0.288. The second kappa shape index (κ2) is 12.2. The fourth-order valence-electron chi connectivity index (χ4n) is 11.7. The van der Waals surface area contributed by atoms with Crippen molar-refractivity contribution >= 4 is 39.0 Å². The highest BCUT2D eigenvalue weighted by Crippen LogP contribution is 2.59. The van der Waals surface area contributed by atoms with E-state index >= 15 is 0 Å². The van der Waals surface area contributed by atoms with Gasteiger partial charge < -0.3 is 9.32 Å². The maximum absolute atomic E-state index is 6.98. The van der Waals surface area contributed by atoms with Gasteiger partial charge in [0.2, 0.25) is 0 Å². The Bertz CT molecular complexity index is 3080. The molecule has 0 saturated carbocycles. The van der Waals surface area contributed by atoms with Crippen molar-refractivity contribution in [3.63, 3.8) is 0 Å². The lowest BCUT2D eigenvalue weighted by molar-refractivity contribution is 0.559. The number of benzene rings is 7. The molecule has 0 radical (unpaired) electrons. The SMILES string of the molecule is CC(C)(C)c1cc(C(C)(C)C)c2oc3ccc4c(c3c2c1)C(C)(C)c1c-4cccc1N(c1ccc2c(c1)C(C)(C)c1ccccc1-2)c1ccc2c(c1)C(C)(C)c1ccccc1-2. The monoisotopic (exact) mass is 795 g/mol. The van der Waals surface area contributed by atoms with Crippen LogP contribution in [0.1, 0.15) is 128 Å². The molecule has 0 unspecified atom stereocenters. The molecule has 0 bridgehead atoms. The van der Waals surface area contributed by atoms with E-state index < -0.39 is 0 Å². The molecule has 11 rings (SSSR count). The predicted molar refractivity (Wildman–Crippen MR) is 258 cm³/mol. The molecular weight excluding hydrogens is 739 g/mol. The Morgan fingerprint density at radius 1 is 0.443 bits per heavy atom. The van der Waals surface area contributed by atoms with Crippen LogP contribution in [0.2, 0.25) is 0 Å². The lowest BCUT2D eigenvalue weighted by Gasteiger charge is -2.34. The van der Waals surface area contributed by atoms with E-state index in [4.69, 9.17) is 4.42 Å². The first-order valence-electron chi connectivity index (χ1n) is 22.3. The third kappa shape index (κ3) is 5.14. The minimum Gasteiger partial charge on any atom is -0.456 e. The summed E-state index contributed by atoms with van der Waals surface area (Å²) in [4.78, 5) is 2.57. The summed E-state index contributed by atoms with van der Waals surface area (Å²) < 4.78 is 6.98. The van der Waals surface area contributed by atoms with Crippen molar-refractivity contribution in [2.24, 2.45) is 0 Å². The van der Waals surface area contributed by atoms with E-state index in [0.29, 0.717) is 0 Å². The highest BCUT2D eigenvalue weighted by Gasteiger charge is 2.43. The van der Waals surface area contributed by atoms with Gasteiger partial charge in [-0.05, 0) is 126 Å². The molecule has 1 heterocycles. The van der Waals surface area contributed by atoms with Gasteiger partial charge in [0.15, 0.2) is 0 Å². The molecule has 0 saturated heterocycles. The van der Waals surface area contributed by atoms with Crippen LogP contribution in [-0.2, 0) is 27.1 Å². The van der Waals surface area contributed by atoms with Gasteiger partial charge in [0.05, 0.1) is 5.69 Å². The van der Waals surface area contributed by atoms with E-state index in [0.717, 1.165) is 11.2 Å². The number of nitrogens with zero attached hydrogens (tertiary/aromatic N) is 1. The van der Waals surface area contributed by atoms with Crippen LogP contribution in [0.4, 0.5) is 17.1 Å². The second-order valence-electron chi connectivity index (χ2n) is 21.8. The van der Waals surface area contributed by atoms with E-state index in [1.807, 2.05) is 0 Å². The van der Waals surface area contributed by atoms with Crippen LogP contribution in [0.5, 0.6) is 0 Å². The Morgan fingerprint density at radius 3 is 1.51 bits per heavy atom. The van der Waals surface area contributed by atoms with Crippen molar-refractivity contribution in [3.05, 3.63) is 172 Å². The van der Waals surface area contributed by atoms with Crippen molar-refractivity contribution in [1.82, 2.24) is 0 Å². The zero-order chi connectivity index (χ0) is 42.8. The maximum Gasteiger partial charge on any atom is 0.139 e. The largest absolute Gasteiger partial charge is 0.456 e. The van der Waals surface area contributed by atoms with Crippen molar-refractivity contribution in [2.75, 3.05) is 4.90 Å². The third-order valence-electron chi connectivity index (χ3n) is 14.9. The third-order valence-corrected chi connectivity index (χ3v) is 14.9. The summed E-state index contributed by atoms with van der Waals surface area (Å²) in [5.41, 5.74) is 23.6. The number of rotatable bonds is 3. The molecule has 0 spiro atoms. The first kappa shape index (κ1) is 38.1. The smallest absolute Gasteiger partial charge is 0.139 e. The zero-order valence-electron chi connectivity index (χ0n) is 38.0. The number of anilines is 3. The summed E-state index contributed by atoms with van der Waals surface area (Å²) in [6.07, 6.45) is 0. The Labute approximate surface area is 362 Å². The summed E-state index contributed by atoms with van der Waals surface area (Å²) >= 11 is 0. The van der Waals surface area contributed by atoms with Crippen LogP contribution in [0.3, 0.4) is 0 Å². The molecule has 0 amide bonds. The lowest BCUT2D eigenvalue weighted by atomic mass is 9.77. The minimum atomic E-state index is -0.353. The van der Waals surface area contributed by atoms with E-state index in [2.05, 4.69) is 215 Å². The molecule has 8 aromatic rings. The number of furan rings is 1. The van der Waals surface area contributed by atoms with Crippen molar-refractivity contribution < 1.29 is 4.42 Å². The molecule has 3 aliphatic rings. The standard InChI is InChI=1S/C59H57NO/c1-55(2,3)34-30-43-51-50(61-54(43)48(31-34)56(4,5)6)29-28-42-41-20-17-23-49(52(41)59(11,12)53(42)51)60(35-24-26-39-37-18-13-15-21-44(37)57(7,8)46(39)32-35)36-25-27-40-38-19-14-16-22-45(38)58(9,10)47(40)33-36/h13-33H,1-12H3. The Balaban J connectivity index is 1.17. The highest BCUT2D eigenvalue weighted by atomic mass is 16.3. The average Bonchev–Trinajstić information content (AvgIpc) is 3.86. The van der Waals surface area contributed by atoms with Crippen LogP contribution < -0.4 is 4.90 Å². The molecule has 0 atom stereocenters. The first-order valence-corrected chi connectivity index (χ1v) is 22.3. The molecule has 61 heavy (non-hydrogen) atoms. The quantitative estimate of drug-likeness (QED) is 0.177.